The summed E-state index contributed by atoms with van der Waals surface area (Å²) in [6.45, 7) is 6.92. The van der Waals surface area contributed by atoms with Crippen LogP contribution >= 0.6 is 27.5 Å². The molecule has 0 atom stereocenters. The van der Waals surface area contributed by atoms with Gasteiger partial charge in [0.1, 0.15) is 17.5 Å². The van der Waals surface area contributed by atoms with E-state index in [2.05, 4.69) is 43.5 Å². The highest BCUT2D eigenvalue weighted by Gasteiger charge is 2.10. The zero-order valence-electron chi connectivity index (χ0n) is 12.3. The SMILES string of the molecule is CCNc1nc(CC)nc(Nc2ccc(Br)c(Cl)c2)c1C. The molecule has 0 spiro atoms. The summed E-state index contributed by atoms with van der Waals surface area (Å²) in [5.74, 6) is 2.48. The number of hydrogen-bond acceptors (Lipinski definition) is 4. The van der Waals surface area contributed by atoms with E-state index in [1.165, 1.54) is 0 Å². The van der Waals surface area contributed by atoms with Gasteiger partial charge in [-0.1, -0.05) is 18.5 Å². The summed E-state index contributed by atoms with van der Waals surface area (Å²) in [5, 5.41) is 7.25. The zero-order chi connectivity index (χ0) is 15.4. The van der Waals surface area contributed by atoms with Gasteiger partial charge in [0.15, 0.2) is 0 Å². The second kappa shape index (κ2) is 7.09. The first-order valence-electron chi connectivity index (χ1n) is 6.88. The number of anilines is 3. The Hall–Kier alpha value is -1.33. The molecule has 0 radical (unpaired) electrons. The Balaban J connectivity index is 2.37. The van der Waals surface area contributed by atoms with Crippen molar-refractivity contribution < 1.29 is 0 Å². The molecule has 2 rings (SSSR count). The van der Waals surface area contributed by atoms with E-state index in [0.717, 1.165) is 46.1 Å². The third kappa shape index (κ3) is 3.86. The average molecular weight is 370 g/mol. The molecule has 2 N–H and O–H groups in total. The second-order valence-corrected chi connectivity index (χ2v) is 5.86. The van der Waals surface area contributed by atoms with Crippen molar-refractivity contribution in [3.8, 4) is 0 Å². The van der Waals surface area contributed by atoms with Gasteiger partial charge in [-0.25, -0.2) is 9.97 Å². The Morgan fingerprint density at radius 2 is 1.90 bits per heavy atom. The summed E-state index contributed by atoms with van der Waals surface area (Å²) < 4.78 is 0.872. The van der Waals surface area contributed by atoms with E-state index in [-0.39, 0.29) is 0 Å². The number of nitrogens with zero attached hydrogens (tertiary/aromatic N) is 2. The van der Waals surface area contributed by atoms with Crippen molar-refractivity contribution in [2.45, 2.75) is 27.2 Å². The van der Waals surface area contributed by atoms with Gasteiger partial charge in [-0.15, -0.1) is 0 Å². The Morgan fingerprint density at radius 3 is 2.52 bits per heavy atom. The van der Waals surface area contributed by atoms with Gasteiger partial charge in [-0.3, -0.25) is 0 Å². The van der Waals surface area contributed by atoms with Gasteiger partial charge in [-0.05, 0) is 48.0 Å². The lowest BCUT2D eigenvalue weighted by Gasteiger charge is -2.14. The van der Waals surface area contributed by atoms with Crippen LogP contribution in [0.2, 0.25) is 5.02 Å². The van der Waals surface area contributed by atoms with Crippen LogP contribution in [0.5, 0.6) is 0 Å². The highest BCUT2D eigenvalue weighted by atomic mass is 79.9. The number of halogens is 2. The van der Waals surface area contributed by atoms with Crippen molar-refractivity contribution in [3.05, 3.63) is 39.1 Å². The summed E-state index contributed by atoms with van der Waals surface area (Å²) >= 11 is 9.52. The summed E-state index contributed by atoms with van der Waals surface area (Å²) in [7, 11) is 0. The molecule has 0 unspecified atom stereocenters. The smallest absolute Gasteiger partial charge is 0.139 e. The lowest BCUT2D eigenvalue weighted by atomic mass is 10.2. The second-order valence-electron chi connectivity index (χ2n) is 4.60. The van der Waals surface area contributed by atoms with Crippen LogP contribution in [0.3, 0.4) is 0 Å². The molecule has 1 aromatic carbocycles. The molecule has 4 nitrogen and oxygen atoms in total. The number of aryl methyl sites for hydroxylation is 1. The first kappa shape index (κ1) is 16.0. The standard InChI is InChI=1S/C15H18BrClN4/c1-4-13-20-14(18-5-2)9(3)15(21-13)19-10-6-7-11(16)12(17)8-10/h6-8H,4-5H2,1-3H3,(H2,18,19,20,21). The highest BCUT2D eigenvalue weighted by Crippen LogP contribution is 2.29. The minimum atomic E-state index is 0.661. The van der Waals surface area contributed by atoms with Crippen LogP contribution in [-0.4, -0.2) is 16.5 Å². The minimum absolute atomic E-state index is 0.661. The number of rotatable bonds is 5. The molecule has 2 aromatic rings. The molecule has 21 heavy (non-hydrogen) atoms. The molecule has 1 heterocycles. The summed E-state index contributed by atoms with van der Waals surface area (Å²) in [6, 6.07) is 5.73. The average Bonchev–Trinajstić information content (AvgIpc) is 2.47. The highest BCUT2D eigenvalue weighted by molar-refractivity contribution is 9.10. The summed E-state index contributed by atoms with van der Waals surface area (Å²) in [4.78, 5) is 9.08. The Morgan fingerprint density at radius 1 is 1.19 bits per heavy atom. The Bertz CT molecular complexity index is 646. The molecule has 0 aliphatic carbocycles. The third-order valence-electron chi connectivity index (χ3n) is 3.03. The maximum atomic E-state index is 6.13. The molecule has 0 fully saturated rings. The maximum absolute atomic E-state index is 6.13. The molecule has 0 bridgehead atoms. The van der Waals surface area contributed by atoms with Crippen LogP contribution in [-0.2, 0) is 6.42 Å². The van der Waals surface area contributed by atoms with Crippen molar-refractivity contribution in [1.82, 2.24) is 9.97 Å². The fraction of sp³-hybridized carbons (Fsp3) is 0.333. The van der Waals surface area contributed by atoms with Crippen LogP contribution in [0.15, 0.2) is 22.7 Å². The largest absolute Gasteiger partial charge is 0.370 e. The zero-order valence-corrected chi connectivity index (χ0v) is 14.6. The molecule has 6 heteroatoms. The number of hydrogen-bond donors (Lipinski definition) is 2. The molecular formula is C15H18BrClN4. The molecule has 0 saturated heterocycles. The quantitative estimate of drug-likeness (QED) is 0.784. The number of benzene rings is 1. The Labute approximate surface area is 138 Å². The van der Waals surface area contributed by atoms with E-state index in [4.69, 9.17) is 11.6 Å². The van der Waals surface area contributed by atoms with Gasteiger partial charge < -0.3 is 10.6 Å². The van der Waals surface area contributed by atoms with Gasteiger partial charge in [-0.2, -0.15) is 0 Å². The van der Waals surface area contributed by atoms with E-state index in [0.29, 0.717) is 5.02 Å². The molecule has 1 aromatic heterocycles. The van der Waals surface area contributed by atoms with Gasteiger partial charge in [0.2, 0.25) is 0 Å². The van der Waals surface area contributed by atoms with Crippen molar-refractivity contribution in [2.24, 2.45) is 0 Å². The van der Waals surface area contributed by atoms with Crippen LogP contribution in [0.25, 0.3) is 0 Å². The molecule has 112 valence electrons. The first-order valence-corrected chi connectivity index (χ1v) is 8.05. The van der Waals surface area contributed by atoms with Crippen LogP contribution < -0.4 is 10.6 Å². The molecule has 0 aliphatic rings. The van der Waals surface area contributed by atoms with Crippen LogP contribution in [0.1, 0.15) is 25.2 Å². The van der Waals surface area contributed by atoms with E-state index in [1.54, 1.807) is 0 Å². The summed E-state index contributed by atoms with van der Waals surface area (Å²) in [6.07, 6.45) is 0.786. The van der Waals surface area contributed by atoms with E-state index < -0.39 is 0 Å². The molecular weight excluding hydrogens is 352 g/mol. The number of aromatic nitrogens is 2. The summed E-state index contributed by atoms with van der Waals surface area (Å²) in [5.41, 5.74) is 1.89. The van der Waals surface area contributed by atoms with Crippen LogP contribution in [0.4, 0.5) is 17.3 Å². The third-order valence-corrected chi connectivity index (χ3v) is 4.27. The van der Waals surface area contributed by atoms with Gasteiger partial charge in [0.25, 0.3) is 0 Å². The monoisotopic (exact) mass is 368 g/mol. The lowest BCUT2D eigenvalue weighted by molar-refractivity contribution is 0.930. The van der Waals surface area contributed by atoms with Crippen molar-refractivity contribution in [2.75, 3.05) is 17.2 Å². The van der Waals surface area contributed by atoms with Crippen molar-refractivity contribution in [1.29, 1.82) is 0 Å². The van der Waals surface area contributed by atoms with Gasteiger partial charge in [0.05, 0.1) is 5.02 Å². The maximum Gasteiger partial charge on any atom is 0.139 e. The normalized spacial score (nSPS) is 10.5. The van der Waals surface area contributed by atoms with Crippen molar-refractivity contribution in [3.63, 3.8) is 0 Å². The van der Waals surface area contributed by atoms with E-state index >= 15 is 0 Å². The van der Waals surface area contributed by atoms with E-state index in [9.17, 15) is 0 Å². The van der Waals surface area contributed by atoms with Crippen LogP contribution in [0, 0.1) is 6.92 Å². The molecule has 0 amide bonds. The predicted molar refractivity (Wildman–Crippen MR) is 92.7 cm³/mol. The molecule has 0 aliphatic heterocycles. The van der Waals surface area contributed by atoms with Gasteiger partial charge >= 0.3 is 0 Å². The molecule has 0 saturated carbocycles. The lowest BCUT2D eigenvalue weighted by Crippen LogP contribution is -2.09. The first-order chi connectivity index (χ1) is 10.0. The van der Waals surface area contributed by atoms with Gasteiger partial charge in [0, 0.05) is 28.7 Å². The fourth-order valence-electron chi connectivity index (χ4n) is 1.89. The number of nitrogens with one attached hydrogen (secondary N) is 2. The topological polar surface area (TPSA) is 49.8 Å². The predicted octanol–water partition coefficient (Wildman–Crippen LogP) is 4.94. The van der Waals surface area contributed by atoms with Crippen molar-refractivity contribution >= 4 is 44.9 Å². The minimum Gasteiger partial charge on any atom is -0.370 e. The Kier molecular flexibility index (Phi) is 5.42. The van der Waals surface area contributed by atoms with E-state index in [1.807, 2.05) is 32.0 Å². The fourth-order valence-corrected chi connectivity index (χ4v) is 2.32.